The molecule has 0 spiro atoms. The number of fused-ring (bicyclic) bond motifs is 3. The zero-order chi connectivity index (χ0) is 17.4. The van der Waals surface area contributed by atoms with Crippen molar-refractivity contribution in [3.8, 4) is 11.5 Å². The zero-order valence-electron chi connectivity index (χ0n) is 14.7. The normalized spacial score (nSPS) is 19.0. The molecule has 132 valence electrons. The average Bonchev–Trinajstić information content (AvgIpc) is 3.00. The van der Waals surface area contributed by atoms with Gasteiger partial charge in [-0.05, 0) is 37.5 Å². The Bertz CT molecular complexity index is 812. The third-order valence-corrected chi connectivity index (χ3v) is 4.97. The number of ether oxygens (including phenoxy) is 2. The van der Waals surface area contributed by atoms with Gasteiger partial charge in [-0.15, -0.1) is 0 Å². The van der Waals surface area contributed by atoms with E-state index >= 15 is 0 Å². The van der Waals surface area contributed by atoms with E-state index in [-0.39, 0.29) is 11.8 Å². The molecular formula is C19H23N3O3. The Morgan fingerprint density at radius 2 is 2.20 bits per heavy atom. The van der Waals surface area contributed by atoms with Crippen LogP contribution < -0.4 is 14.8 Å². The first-order chi connectivity index (χ1) is 12.2. The van der Waals surface area contributed by atoms with Gasteiger partial charge in [-0.3, -0.25) is 4.79 Å². The van der Waals surface area contributed by atoms with Crippen molar-refractivity contribution in [2.45, 2.75) is 45.1 Å². The van der Waals surface area contributed by atoms with E-state index in [1.54, 1.807) is 7.11 Å². The number of benzene rings is 1. The van der Waals surface area contributed by atoms with Crippen molar-refractivity contribution in [2.75, 3.05) is 19.0 Å². The van der Waals surface area contributed by atoms with Crippen LogP contribution >= 0.6 is 0 Å². The number of methoxy groups -OCH3 is 1. The fourth-order valence-corrected chi connectivity index (χ4v) is 3.80. The Morgan fingerprint density at radius 1 is 1.32 bits per heavy atom. The second-order valence-corrected chi connectivity index (χ2v) is 6.52. The second kappa shape index (κ2) is 6.43. The minimum Gasteiger partial charge on any atom is -0.493 e. The van der Waals surface area contributed by atoms with E-state index in [9.17, 15) is 4.79 Å². The summed E-state index contributed by atoms with van der Waals surface area (Å²) in [6.45, 7) is 3.44. The maximum atomic E-state index is 12.3. The number of carbonyl (C=O) groups excluding carboxylic acids is 1. The highest BCUT2D eigenvalue weighted by Gasteiger charge is 2.33. The summed E-state index contributed by atoms with van der Waals surface area (Å²) in [6.07, 6.45) is 3.67. The second-order valence-electron chi connectivity index (χ2n) is 6.52. The van der Waals surface area contributed by atoms with E-state index in [2.05, 4.69) is 9.88 Å². The zero-order valence-corrected chi connectivity index (χ0v) is 14.7. The molecular weight excluding hydrogens is 318 g/mol. The van der Waals surface area contributed by atoms with Gasteiger partial charge in [-0.25, -0.2) is 4.98 Å². The monoisotopic (exact) mass is 341 g/mol. The summed E-state index contributed by atoms with van der Waals surface area (Å²) in [4.78, 5) is 17.2. The molecule has 2 aliphatic heterocycles. The molecule has 0 saturated carbocycles. The highest BCUT2D eigenvalue weighted by atomic mass is 16.5. The molecule has 2 aliphatic rings. The molecule has 0 fully saturated rings. The molecule has 1 aromatic carbocycles. The number of imidazole rings is 1. The van der Waals surface area contributed by atoms with Gasteiger partial charge in [-0.1, -0.05) is 6.07 Å². The number of amides is 1. The van der Waals surface area contributed by atoms with E-state index < -0.39 is 0 Å². The van der Waals surface area contributed by atoms with Crippen LogP contribution in [-0.4, -0.2) is 29.2 Å². The van der Waals surface area contributed by atoms with Gasteiger partial charge in [0.05, 0.1) is 19.4 Å². The van der Waals surface area contributed by atoms with Gasteiger partial charge in [0, 0.05) is 25.3 Å². The Labute approximate surface area is 147 Å². The predicted molar refractivity (Wildman–Crippen MR) is 94.4 cm³/mol. The van der Waals surface area contributed by atoms with E-state index in [0.29, 0.717) is 24.5 Å². The standard InChI is InChI=1S/C19H23N3O3/c1-3-25-15-10-12(7-8-14(15)24-2)13-11-17(23)21-19-18(13)20-16-6-4-5-9-22(16)19/h7-8,10,13H,3-6,9,11H2,1-2H3,(H,21,23)/t13-/m0/s1. The summed E-state index contributed by atoms with van der Waals surface area (Å²) in [5.74, 6) is 3.37. The van der Waals surface area contributed by atoms with Crippen LogP contribution in [0.4, 0.5) is 5.82 Å². The van der Waals surface area contributed by atoms with Crippen LogP contribution in [0.5, 0.6) is 11.5 Å². The van der Waals surface area contributed by atoms with Gasteiger partial charge in [-0.2, -0.15) is 0 Å². The minimum absolute atomic E-state index is 0.0413. The van der Waals surface area contributed by atoms with Crippen LogP contribution in [-0.2, 0) is 17.8 Å². The molecule has 6 heteroatoms. The molecule has 3 heterocycles. The molecule has 0 unspecified atom stereocenters. The largest absolute Gasteiger partial charge is 0.493 e. The van der Waals surface area contributed by atoms with Gasteiger partial charge >= 0.3 is 0 Å². The van der Waals surface area contributed by atoms with Gasteiger partial charge < -0.3 is 19.4 Å². The number of aryl methyl sites for hydroxylation is 1. The topological polar surface area (TPSA) is 65.4 Å². The maximum absolute atomic E-state index is 12.3. The van der Waals surface area contributed by atoms with Crippen molar-refractivity contribution in [2.24, 2.45) is 0 Å². The van der Waals surface area contributed by atoms with Crippen molar-refractivity contribution in [3.05, 3.63) is 35.3 Å². The van der Waals surface area contributed by atoms with Gasteiger partial charge in [0.2, 0.25) is 5.91 Å². The fraction of sp³-hybridized carbons (Fsp3) is 0.474. The lowest BCUT2D eigenvalue weighted by molar-refractivity contribution is -0.116. The molecule has 0 radical (unpaired) electrons. The van der Waals surface area contributed by atoms with Crippen LogP contribution in [0.25, 0.3) is 0 Å². The third-order valence-electron chi connectivity index (χ3n) is 4.97. The summed E-state index contributed by atoms with van der Waals surface area (Å²) in [5.41, 5.74) is 2.01. The highest BCUT2D eigenvalue weighted by molar-refractivity contribution is 5.94. The first-order valence-electron chi connectivity index (χ1n) is 8.91. The fourth-order valence-electron chi connectivity index (χ4n) is 3.80. The average molecular weight is 341 g/mol. The number of carbonyl (C=O) groups is 1. The summed E-state index contributed by atoms with van der Waals surface area (Å²) in [7, 11) is 1.63. The lowest BCUT2D eigenvalue weighted by Gasteiger charge is -2.24. The summed E-state index contributed by atoms with van der Waals surface area (Å²) in [6, 6.07) is 5.89. The highest BCUT2D eigenvalue weighted by Crippen LogP contribution is 2.41. The Hall–Kier alpha value is -2.50. The molecule has 1 aromatic heterocycles. The number of anilines is 1. The van der Waals surface area contributed by atoms with Gasteiger partial charge in [0.1, 0.15) is 11.6 Å². The minimum atomic E-state index is -0.0491. The van der Waals surface area contributed by atoms with E-state index in [1.165, 1.54) is 0 Å². The van der Waals surface area contributed by atoms with E-state index in [4.69, 9.17) is 14.5 Å². The molecule has 0 aliphatic carbocycles. The Morgan fingerprint density at radius 3 is 3.00 bits per heavy atom. The predicted octanol–water partition coefficient (Wildman–Crippen LogP) is 3.10. The van der Waals surface area contributed by atoms with E-state index in [0.717, 1.165) is 48.7 Å². The van der Waals surface area contributed by atoms with Gasteiger partial charge in [0.25, 0.3) is 0 Å². The van der Waals surface area contributed by atoms with Crippen LogP contribution in [0.1, 0.15) is 49.2 Å². The molecule has 1 N–H and O–H groups in total. The lowest BCUT2D eigenvalue weighted by Crippen LogP contribution is -2.25. The van der Waals surface area contributed by atoms with Gasteiger partial charge in [0.15, 0.2) is 11.5 Å². The number of hydrogen-bond donors (Lipinski definition) is 1. The number of hydrogen-bond acceptors (Lipinski definition) is 4. The number of nitrogens with one attached hydrogen (secondary N) is 1. The molecule has 0 saturated heterocycles. The summed E-state index contributed by atoms with van der Waals surface area (Å²) < 4.78 is 13.3. The molecule has 0 bridgehead atoms. The molecule has 4 rings (SSSR count). The van der Waals surface area contributed by atoms with Crippen molar-refractivity contribution < 1.29 is 14.3 Å². The van der Waals surface area contributed by atoms with Crippen LogP contribution in [0.3, 0.4) is 0 Å². The maximum Gasteiger partial charge on any atom is 0.226 e. The Balaban J connectivity index is 1.78. The van der Waals surface area contributed by atoms with Crippen molar-refractivity contribution in [1.29, 1.82) is 0 Å². The first kappa shape index (κ1) is 16.0. The SMILES string of the molecule is CCOc1cc([C@@H]2CC(=O)Nc3c2nc2n3CCCC2)ccc1OC. The lowest BCUT2D eigenvalue weighted by atomic mass is 9.89. The summed E-state index contributed by atoms with van der Waals surface area (Å²) in [5, 5.41) is 3.04. The van der Waals surface area contributed by atoms with Crippen molar-refractivity contribution in [3.63, 3.8) is 0 Å². The van der Waals surface area contributed by atoms with E-state index in [1.807, 2.05) is 25.1 Å². The van der Waals surface area contributed by atoms with Crippen molar-refractivity contribution in [1.82, 2.24) is 9.55 Å². The third kappa shape index (κ3) is 2.75. The number of rotatable bonds is 4. The number of nitrogens with zero attached hydrogens (tertiary/aromatic N) is 2. The number of aromatic nitrogens is 2. The first-order valence-corrected chi connectivity index (χ1v) is 8.91. The van der Waals surface area contributed by atoms with Crippen LogP contribution in [0.2, 0.25) is 0 Å². The molecule has 2 aromatic rings. The molecule has 6 nitrogen and oxygen atoms in total. The van der Waals surface area contributed by atoms with Crippen molar-refractivity contribution >= 4 is 11.7 Å². The molecule has 1 atom stereocenters. The molecule has 25 heavy (non-hydrogen) atoms. The Kier molecular flexibility index (Phi) is 4.11. The molecule has 1 amide bonds. The quantitative estimate of drug-likeness (QED) is 0.928. The van der Waals surface area contributed by atoms with Crippen LogP contribution in [0, 0.1) is 0 Å². The smallest absolute Gasteiger partial charge is 0.226 e. The summed E-state index contributed by atoms with van der Waals surface area (Å²) >= 11 is 0. The van der Waals surface area contributed by atoms with Crippen LogP contribution in [0.15, 0.2) is 18.2 Å².